The molecule has 23 heavy (non-hydrogen) atoms. The molecule has 0 spiro atoms. The van der Waals surface area contributed by atoms with Crippen LogP contribution >= 0.6 is 0 Å². The Kier molecular flexibility index (Phi) is 4.06. The average Bonchev–Trinajstić information content (AvgIpc) is 3.11. The molecule has 3 amide bonds. The summed E-state index contributed by atoms with van der Waals surface area (Å²) in [6.07, 6.45) is 5.34. The molecule has 1 aromatic rings. The molecule has 3 heterocycles. The van der Waals surface area contributed by atoms with Crippen LogP contribution < -0.4 is 10.2 Å². The molecule has 8 nitrogen and oxygen atoms in total. The number of aryl methyl sites for hydroxylation is 1. The van der Waals surface area contributed by atoms with E-state index in [0.29, 0.717) is 19.4 Å². The van der Waals surface area contributed by atoms with E-state index in [0.717, 1.165) is 12.1 Å². The lowest BCUT2D eigenvalue weighted by Gasteiger charge is -2.39. The average molecular weight is 319 g/mol. The smallest absolute Gasteiger partial charge is 0.242 e. The SMILES string of the molecule is CC(=O)NCC(=O)N1CC[C@H]2[C@@H]1CCC(=O)N2c1cnn(C)c1. The number of nitrogens with one attached hydrogen (secondary N) is 1. The first kappa shape index (κ1) is 15.5. The van der Waals surface area contributed by atoms with Gasteiger partial charge in [0.15, 0.2) is 0 Å². The molecule has 3 rings (SSSR count). The van der Waals surface area contributed by atoms with E-state index in [1.165, 1.54) is 6.92 Å². The molecule has 1 N–H and O–H groups in total. The van der Waals surface area contributed by atoms with Crippen molar-refractivity contribution >= 4 is 23.4 Å². The van der Waals surface area contributed by atoms with Crippen LogP contribution in [-0.2, 0) is 21.4 Å². The van der Waals surface area contributed by atoms with E-state index in [9.17, 15) is 14.4 Å². The number of likely N-dealkylation sites (tertiary alicyclic amines) is 1. The van der Waals surface area contributed by atoms with Gasteiger partial charge in [-0.05, 0) is 12.8 Å². The first-order chi connectivity index (χ1) is 11.0. The number of anilines is 1. The zero-order chi connectivity index (χ0) is 16.6. The standard InChI is InChI=1S/C15H21N5O3/c1-10(21)16-8-15(23)19-6-5-13-12(19)3-4-14(22)20(13)11-7-17-18(2)9-11/h7,9,12-13H,3-6,8H2,1-2H3,(H,16,21)/t12-,13-/m0/s1. The van der Waals surface area contributed by atoms with Gasteiger partial charge in [0, 0.05) is 33.1 Å². The molecular formula is C15H21N5O3. The lowest BCUT2D eigenvalue weighted by atomic mass is 9.96. The number of nitrogens with zero attached hydrogens (tertiary/aromatic N) is 4. The van der Waals surface area contributed by atoms with Crippen LogP contribution in [0.1, 0.15) is 26.2 Å². The monoisotopic (exact) mass is 319 g/mol. The highest BCUT2D eigenvalue weighted by Crippen LogP contribution is 2.34. The number of carbonyl (C=O) groups is 3. The predicted molar refractivity (Wildman–Crippen MR) is 82.5 cm³/mol. The summed E-state index contributed by atoms with van der Waals surface area (Å²) in [7, 11) is 1.81. The molecule has 2 aliphatic rings. The largest absolute Gasteiger partial charge is 0.347 e. The van der Waals surface area contributed by atoms with Gasteiger partial charge in [-0.15, -0.1) is 0 Å². The number of fused-ring (bicyclic) bond motifs is 1. The summed E-state index contributed by atoms with van der Waals surface area (Å²) in [5.41, 5.74) is 0.781. The Morgan fingerprint density at radius 3 is 2.78 bits per heavy atom. The van der Waals surface area contributed by atoms with Crippen molar-refractivity contribution in [2.75, 3.05) is 18.0 Å². The molecule has 0 radical (unpaired) electrons. The van der Waals surface area contributed by atoms with E-state index in [1.54, 1.807) is 20.7 Å². The van der Waals surface area contributed by atoms with Crippen LogP contribution in [0.25, 0.3) is 0 Å². The number of carbonyl (C=O) groups excluding carboxylic acids is 3. The maximum atomic E-state index is 12.4. The Bertz CT molecular complexity index is 641. The minimum atomic E-state index is -0.218. The molecule has 0 bridgehead atoms. The van der Waals surface area contributed by atoms with Crippen LogP contribution in [0.2, 0.25) is 0 Å². The topological polar surface area (TPSA) is 87.5 Å². The van der Waals surface area contributed by atoms with Crippen LogP contribution in [-0.4, -0.2) is 57.6 Å². The molecule has 0 aliphatic carbocycles. The number of rotatable bonds is 3. The molecule has 8 heteroatoms. The van der Waals surface area contributed by atoms with E-state index in [4.69, 9.17) is 0 Å². The lowest BCUT2D eigenvalue weighted by Crippen LogP contribution is -2.54. The van der Waals surface area contributed by atoms with E-state index >= 15 is 0 Å². The highest BCUT2D eigenvalue weighted by atomic mass is 16.2. The predicted octanol–water partition coefficient (Wildman–Crippen LogP) is -0.347. The molecule has 2 fully saturated rings. The van der Waals surface area contributed by atoms with Crippen molar-refractivity contribution in [3.05, 3.63) is 12.4 Å². The van der Waals surface area contributed by atoms with Crippen LogP contribution in [0.3, 0.4) is 0 Å². The highest BCUT2D eigenvalue weighted by Gasteiger charge is 2.45. The Labute approximate surface area is 134 Å². The van der Waals surface area contributed by atoms with Gasteiger partial charge in [0.25, 0.3) is 0 Å². The Morgan fingerprint density at radius 2 is 2.13 bits per heavy atom. The van der Waals surface area contributed by atoms with Crippen molar-refractivity contribution in [2.24, 2.45) is 7.05 Å². The molecule has 124 valence electrons. The maximum absolute atomic E-state index is 12.4. The van der Waals surface area contributed by atoms with Crippen molar-refractivity contribution in [1.29, 1.82) is 0 Å². The van der Waals surface area contributed by atoms with E-state index in [1.807, 2.05) is 13.2 Å². The Morgan fingerprint density at radius 1 is 1.35 bits per heavy atom. The van der Waals surface area contributed by atoms with Gasteiger partial charge in [-0.25, -0.2) is 0 Å². The summed E-state index contributed by atoms with van der Waals surface area (Å²) in [4.78, 5) is 39.3. The van der Waals surface area contributed by atoms with Gasteiger partial charge in [0.05, 0.1) is 30.5 Å². The van der Waals surface area contributed by atoms with Crippen LogP contribution in [0, 0.1) is 0 Å². The fourth-order valence-corrected chi connectivity index (χ4v) is 3.54. The minimum Gasteiger partial charge on any atom is -0.347 e. The van der Waals surface area contributed by atoms with Gasteiger partial charge >= 0.3 is 0 Å². The summed E-state index contributed by atoms with van der Waals surface area (Å²) < 4.78 is 1.67. The number of aromatic nitrogens is 2. The molecule has 0 unspecified atom stereocenters. The Hall–Kier alpha value is -2.38. The third-order valence-electron chi connectivity index (χ3n) is 4.54. The highest BCUT2D eigenvalue weighted by molar-refractivity contribution is 5.95. The molecule has 0 saturated carbocycles. The zero-order valence-corrected chi connectivity index (χ0v) is 13.4. The van der Waals surface area contributed by atoms with Gasteiger partial charge in [-0.2, -0.15) is 5.10 Å². The first-order valence-corrected chi connectivity index (χ1v) is 7.82. The van der Waals surface area contributed by atoms with Crippen molar-refractivity contribution in [3.8, 4) is 0 Å². The van der Waals surface area contributed by atoms with Crippen LogP contribution in [0.4, 0.5) is 5.69 Å². The quantitative estimate of drug-likeness (QED) is 0.825. The van der Waals surface area contributed by atoms with Gasteiger partial charge in [-0.1, -0.05) is 0 Å². The number of amides is 3. The summed E-state index contributed by atoms with van der Waals surface area (Å²) >= 11 is 0. The van der Waals surface area contributed by atoms with Gasteiger partial charge in [-0.3, -0.25) is 19.1 Å². The lowest BCUT2D eigenvalue weighted by molar-refractivity contribution is -0.134. The molecule has 0 aromatic carbocycles. The summed E-state index contributed by atoms with van der Waals surface area (Å²) in [6, 6.07) is -0.00380. The molecule has 1 aromatic heterocycles. The fourth-order valence-electron chi connectivity index (χ4n) is 3.54. The second-order valence-corrected chi connectivity index (χ2v) is 6.09. The summed E-state index contributed by atoms with van der Waals surface area (Å²) in [6.45, 7) is 2.01. The number of piperidine rings is 1. The molecule has 2 saturated heterocycles. The Balaban J connectivity index is 1.76. The summed E-state index contributed by atoms with van der Waals surface area (Å²) in [5, 5.41) is 6.69. The van der Waals surface area contributed by atoms with E-state index in [-0.39, 0.29) is 36.3 Å². The van der Waals surface area contributed by atoms with E-state index in [2.05, 4.69) is 10.4 Å². The third-order valence-corrected chi connectivity index (χ3v) is 4.54. The third kappa shape index (κ3) is 2.93. The van der Waals surface area contributed by atoms with Crippen molar-refractivity contribution in [2.45, 2.75) is 38.3 Å². The van der Waals surface area contributed by atoms with Gasteiger partial charge in [0.2, 0.25) is 17.7 Å². The summed E-state index contributed by atoms with van der Waals surface area (Å²) in [5.74, 6) is -0.228. The second-order valence-electron chi connectivity index (χ2n) is 6.09. The first-order valence-electron chi connectivity index (χ1n) is 7.82. The van der Waals surface area contributed by atoms with Gasteiger partial charge in [0.1, 0.15) is 0 Å². The minimum absolute atomic E-state index is 0.00849. The van der Waals surface area contributed by atoms with Crippen molar-refractivity contribution < 1.29 is 14.4 Å². The fraction of sp³-hybridized carbons (Fsp3) is 0.600. The second kappa shape index (κ2) is 6.02. The number of hydrogen-bond donors (Lipinski definition) is 1. The van der Waals surface area contributed by atoms with Gasteiger partial charge < -0.3 is 15.1 Å². The van der Waals surface area contributed by atoms with Crippen LogP contribution in [0.5, 0.6) is 0 Å². The molecular weight excluding hydrogens is 298 g/mol. The van der Waals surface area contributed by atoms with E-state index < -0.39 is 0 Å². The van der Waals surface area contributed by atoms with Crippen molar-refractivity contribution in [1.82, 2.24) is 20.0 Å². The van der Waals surface area contributed by atoms with Crippen LogP contribution in [0.15, 0.2) is 12.4 Å². The molecule has 2 aliphatic heterocycles. The maximum Gasteiger partial charge on any atom is 0.242 e. The van der Waals surface area contributed by atoms with Crippen molar-refractivity contribution in [3.63, 3.8) is 0 Å². The molecule has 2 atom stereocenters. The zero-order valence-electron chi connectivity index (χ0n) is 13.4. The normalized spacial score (nSPS) is 23.8. The number of hydrogen-bond acceptors (Lipinski definition) is 4.